The summed E-state index contributed by atoms with van der Waals surface area (Å²) in [5.41, 5.74) is 2.06. The van der Waals surface area contributed by atoms with Crippen LogP contribution >= 0.6 is 0 Å². The van der Waals surface area contributed by atoms with Crippen LogP contribution in [0.15, 0.2) is 34.9 Å². The zero-order chi connectivity index (χ0) is 18.7. The van der Waals surface area contributed by atoms with Gasteiger partial charge in [-0.15, -0.1) is 0 Å². The molecule has 1 aromatic heterocycles. The number of amides is 2. The van der Waals surface area contributed by atoms with Gasteiger partial charge in [0.25, 0.3) is 0 Å². The number of nitrogens with one attached hydrogen (secondary N) is 1. The summed E-state index contributed by atoms with van der Waals surface area (Å²) < 4.78 is 9.92. The predicted octanol–water partition coefficient (Wildman–Crippen LogP) is 3.78. The number of methoxy groups -OCH3 is 1. The Kier molecular flexibility index (Phi) is 5.25. The topological polar surface area (TPSA) is 84.7 Å². The summed E-state index contributed by atoms with van der Waals surface area (Å²) in [7, 11) is 1.28. The second kappa shape index (κ2) is 7.59. The first-order valence-electron chi connectivity index (χ1n) is 8.68. The van der Waals surface area contributed by atoms with E-state index in [1.165, 1.54) is 18.9 Å². The zero-order valence-corrected chi connectivity index (χ0v) is 15.2. The fraction of sp³-hybridized carbons (Fsp3) is 0.421. The monoisotopic (exact) mass is 357 g/mol. The van der Waals surface area contributed by atoms with Gasteiger partial charge in [0.05, 0.1) is 13.7 Å². The van der Waals surface area contributed by atoms with Crippen molar-refractivity contribution in [2.24, 2.45) is 0 Å². The maximum absolute atomic E-state index is 12.7. The minimum atomic E-state index is -0.562. The van der Waals surface area contributed by atoms with Gasteiger partial charge in [-0.3, -0.25) is 0 Å². The number of hydrogen-bond acceptors (Lipinski definition) is 5. The fourth-order valence-corrected chi connectivity index (χ4v) is 2.63. The highest BCUT2D eigenvalue weighted by Gasteiger charge is 2.34. The number of nitrogens with zero attached hydrogens (tertiary/aromatic N) is 2. The van der Waals surface area contributed by atoms with Crippen LogP contribution in [0.2, 0.25) is 0 Å². The Bertz CT molecular complexity index is 778. The Morgan fingerprint density at radius 1 is 1.31 bits per heavy atom. The fourth-order valence-electron chi connectivity index (χ4n) is 2.63. The highest BCUT2D eigenvalue weighted by Crippen LogP contribution is 2.29. The van der Waals surface area contributed by atoms with Gasteiger partial charge in [0.15, 0.2) is 5.69 Å². The van der Waals surface area contributed by atoms with Crippen LogP contribution in [-0.2, 0) is 11.3 Å². The van der Waals surface area contributed by atoms with Gasteiger partial charge >= 0.3 is 12.0 Å². The molecular formula is C19H23N3O4. The quantitative estimate of drug-likeness (QED) is 0.795. The highest BCUT2D eigenvalue weighted by molar-refractivity contribution is 5.89. The van der Waals surface area contributed by atoms with Gasteiger partial charge in [0.1, 0.15) is 6.26 Å². The van der Waals surface area contributed by atoms with Crippen LogP contribution in [0.5, 0.6) is 0 Å². The lowest BCUT2D eigenvalue weighted by Gasteiger charge is -2.21. The second-order valence-electron chi connectivity index (χ2n) is 6.68. The van der Waals surface area contributed by atoms with Gasteiger partial charge in [-0.1, -0.05) is 26.0 Å². The summed E-state index contributed by atoms with van der Waals surface area (Å²) in [5, 5.41) is 2.92. The molecule has 3 rings (SSSR count). The third-order valence-electron chi connectivity index (χ3n) is 4.33. The Morgan fingerprint density at radius 2 is 2.00 bits per heavy atom. The number of anilines is 1. The molecule has 7 heteroatoms. The van der Waals surface area contributed by atoms with E-state index in [-0.39, 0.29) is 24.3 Å². The maximum Gasteiger partial charge on any atom is 0.360 e. The molecular weight excluding hydrogens is 334 g/mol. The van der Waals surface area contributed by atoms with Crippen molar-refractivity contribution < 1.29 is 18.7 Å². The Hall–Kier alpha value is -2.83. The van der Waals surface area contributed by atoms with Gasteiger partial charge in [-0.2, -0.15) is 0 Å². The molecule has 26 heavy (non-hydrogen) atoms. The average molecular weight is 357 g/mol. The molecule has 0 aliphatic heterocycles. The lowest BCUT2D eigenvalue weighted by Crippen LogP contribution is -2.36. The molecule has 1 saturated carbocycles. The highest BCUT2D eigenvalue weighted by atomic mass is 16.5. The van der Waals surface area contributed by atoms with Gasteiger partial charge < -0.3 is 19.4 Å². The molecule has 0 bridgehead atoms. The third-order valence-corrected chi connectivity index (χ3v) is 4.33. The van der Waals surface area contributed by atoms with Crippen molar-refractivity contribution in [3.8, 4) is 0 Å². The number of aromatic nitrogens is 1. The van der Waals surface area contributed by atoms with Crippen molar-refractivity contribution in [2.45, 2.75) is 45.2 Å². The first kappa shape index (κ1) is 18.0. The van der Waals surface area contributed by atoms with E-state index in [1.54, 1.807) is 4.90 Å². The summed E-state index contributed by atoms with van der Waals surface area (Å²) in [5.74, 6) is 0.187. The lowest BCUT2D eigenvalue weighted by atomic mass is 10.0. The Balaban J connectivity index is 1.66. The van der Waals surface area contributed by atoms with Gasteiger partial charge in [0.2, 0.25) is 5.89 Å². The van der Waals surface area contributed by atoms with Gasteiger partial charge in [0, 0.05) is 11.7 Å². The van der Waals surface area contributed by atoms with E-state index in [4.69, 9.17) is 4.42 Å². The lowest BCUT2D eigenvalue weighted by molar-refractivity contribution is 0.0594. The second-order valence-corrected chi connectivity index (χ2v) is 6.68. The largest absolute Gasteiger partial charge is 0.464 e. The van der Waals surface area contributed by atoms with E-state index in [0.29, 0.717) is 11.8 Å². The molecule has 1 aliphatic rings. The number of hydrogen-bond donors (Lipinski definition) is 1. The molecule has 2 aromatic rings. The SMILES string of the molecule is COC(=O)c1coc(CN(C(=O)Nc2ccc(C(C)C)cc2)C2CC2)n1. The molecule has 1 heterocycles. The number of carbonyl (C=O) groups is 2. The molecule has 1 aromatic carbocycles. The third kappa shape index (κ3) is 4.22. The summed E-state index contributed by atoms with van der Waals surface area (Å²) in [6, 6.07) is 7.79. The summed E-state index contributed by atoms with van der Waals surface area (Å²) >= 11 is 0. The molecule has 138 valence electrons. The summed E-state index contributed by atoms with van der Waals surface area (Å²) in [6.07, 6.45) is 3.14. The van der Waals surface area contributed by atoms with Crippen LogP contribution in [0.1, 0.15) is 54.5 Å². The van der Waals surface area contributed by atoms with Crippen LogP contribution < -0.4 is 5.32 Å². The minimum Gasteiger partial charge on any atom is -0.464 e. The molecule has 0 radical (unpaired) electrons. The van der Waals surface area contributed by atoms with E-state index in [9.17, 15) is 9.59 Å². The van der Waals surface area contributed by atoms with E-state index < -0.39 is 5.97 Å². The van der Waals surface area contributed by atoms with E-state index >= 15 is 0 Å². The molecule has 7 nitrogen and oxygen atoms in total. The maximum atomic E-state index is 12.7. The first-order valence-corrected chi connectivity index (χ1v) is 8.68. The number of ether oxygens (including phenoxy) is 1. The van der Waals surface area contributed by atoms with Crippen molar-refractivity contribution in [2.75, 3.05) is 12.4 Å². The van der Waals surface area contributed by atoms with Gasteiger partial charge in [-0.05, 0) is 36.5 Å². The summed E-state index contributed by atoms with van der Waals surface area (Å²) in [6.45, 7) is 4.46. The molecule has 1 fully saturated rings. The van der Waals surface area contributed by atoms with Crippen molar-refractivity contribution in [3.05, 3.63) is 47.7 Å². The molecule has 0 saturated heterocycles. The number of carbonyl (C=O) groups excluding carboxylic acids is 2. The van der Waals surface area contributed by atoms with Crippen LogP contribution in [0.25, 0.3) is 0 Å². The van der Waals surface area contributed by atoms with E-state index in [0.717, 1.165) is 18.5 Å². The number of benzene rings is 1. The van der Waals surface area contributed by atoms with E-state index in [2.05, 4.69) is 28.9 Å². The molecule has 1 aliphatic carbocycles. The zero-order valence-electron chi connectivity index (χ0n) is 15.2. The minimum absolute atomic E-state index is 0.0999. The number of oxazole rings is 1. The molecule has 2 amide bonds. The standard InChI is InChI=1S/C19H23N3O4/c1-12(2)13-4-6-14(7-5-13)20-19(24)22(15-8-9-15)10-17-21-16(11-26-17)18(23)25-3/h4-7,11-12,15H,8-10H2,1-3H3,(H,20,24). The Morgan fingerprint density at radius 3 is 2.58 bits per heavy atom. The molecule has 0 unspecified atom stereocenters. The van der Waals surface area contributed by atoms with Crippen molar-refractivity contribution in [3.63, 3.8) is 0 Å². The van der Waals surface area contributed by atoms with Crippen LogP contribution in [0.3, 0.4) is 0 Å². The summed E-state index contributed by atoms with van der Waals surface area (Å²) in [4.78, 5) is 29.9. The van der Waals surface area contributed by atoms with Crippen molar-refractivity contribution in [1.82, 2.24) is 9.88 Å². The Labute approximate surface area is 152 Å². The normalized spacial score (nSPS) is 13.5. The van der Waals surface area contributed by atoms with Crippen LogP contribution in [0, 0.1) is 0 Å². The van der Waals surface area contributed by atoms with Crippen LogP contribution in [0.4, 0.5) is 10.5 Å². The molecule has 0 atom stereocenters. The number of rotatable bonds is 6. The molecule has 1 N–H and O–H groups in total. The number of urea groups is 1. The number of esters is 1. The van der Waals surface area contributed by atoms with Gasteiger partial charge in [-0.25, -0.2) is 14.6 Å². The smallest absolute Gasteiger partial charge is 0.360 e. The van der Waals surface area contributed by atoms with Crippen molar-refractivity contribution in [1.29, 1.82) is 0 Å². The average Bonchev–Trinajstić information content (AvgIpc) is 3.37. The first-order chi connectivity index (χ1) is 12.5. The molecule has 0 spiro atoms. The van der Waals surface area contributed by atoms with Crippen LogP contribution in [-0.4, -0.2) is 35.0 Å². The predicted molar refractivity (Wildman–Crippen MR) is 96.0 cm³/mol. The van der Waals surface area contributed by atoms with E-state index in [1.807, 2.05) is 24.3 Å². The van der Waals surface area contributed by atoms with Crippen molar-refractivity contribution >= 4 is 17.7 Å².